The number of rotatable bonds is 2. The predicted octanol–water partition coefficient (Wildman–Crippen LogP) is 0.433. The van der Waals surface area contributed by atoms with Crippen LogP contribution in [0.4, 0.5) is 0 Å². The summed E-state index contributed by atoms with van der Waals surface area (Å²) in [5.41, 5.74) is -1.11. The minimum Gasteiger partial charge on any atom is -0.391 e. The van der Waals surface area contributed by atoms with Crippen molar-refractivity contribution < 1.29 is 24.1 Å². The fourth-order valence-electron chi connectivity index (χ4n) is 0.646. The summed E-state index contributed by atoms with van der Waals surface area (Å²) in [6.45, 7) is 4.93. The molecular formula is C8H12O5. The van der Waals surface area contributed by atoms with Gasteiger partial charge in [0.25, 0.3) is 0 Å². The van der Waals surface area contributed by atoms with Gasteiger partial charge >= 0.3 is 11.9 Å². The summed E-state index contributed by atoms with van der Waals surface area (Å²) in [5, 5.41) is 0. The van der Waals surface area contributed by atoms with Gasteiger partial charge in [-0.1, -0.05) is 13.8 Å². The van der Waals surface area contributed by atoms with Gasteiger partial charge in [0.05, 0.1) is 5.92 Å². The molecule has 1 rings (SSSR count). The third kappa shape index (κ3) is 2.05. The molecule has 0 aromatic heterocycles. The molecule has 0 N–H and O–H groups in total. The van der Waals surface area contributed by atoms with Crippen molar-refractivity contribution in [3.05, 3.63) is 0 Å². The molecule has 1 aliphatic heterocycles. The van der Waals surface area contributed by atoms with E-state index >= 15 is 0 Å². The predicted molar refractivity (Wildman–Crippen MR) is 41.4 cm³/mol. The molecule has 1 aliphatic rings. The van der Waals surface area contributed by atoms with Crippen molar-refractivity contribution in [3.63, 3.8) is 0 Å². The number of ether oxygens (including phenoxy) is 1. The fraction of sp³-hybridized carbons (Fsp3) is 0.750. The Morgan fingerprint density at radius 3 is 2.31 bits per heavy atom. The van der Waals surface area contributed by atoms with Gasteiger partial charge in [-0.15, -0.1) is 0 Å². The Morgan fingerprint density at radius 2 is 2.00 bits per heavy atom. The maximum absolute atomic E-state index is 11.2. The lowest BCUT2D eigenvalue weighted by Gasteiger charge is -2.32. The van der Waals surface area contributed by atoms with Crippen LogP contribution >= 0.6 is 0 Å². The van der Waals surface area contributed by atoms with E-state index in [2.05, 4.69) is 14.5 Å². The highest BCUT2D eigenvalue weighted by molar-refractivity contribution is 5.91. The van der Waals surface area contributed by atoms with Crippen molar-refractivity contribution in [2.24, 2.45) is 5.92 Å². The summed E-state index contributed by atoms with van der Waals surface area (Å²) in [5.74, 6) is -1.58. The van der Waals surface area contributed by atoms with Gasteiger partial charge in [-0.2, -0.15) is 0 Å². The van der Waals surface area contributed by atoms with E-state index in [1.165, 1.54) is 6.92 Å². The van der Waals surface area contributed by atoms with Crippen LogP contribution in [-0.2, 0) is 24.1 Å². The zero-order valence-corrected chi connectivity index (χ0v) is 7.83. The first-order chi connectivity index (χ1) is 5.96. The zero-order chi connectivity index (χ0) is 10.1. The highest BCUT2D eigenvalue weighted by Crippen LogP contribution is 2.23. The lowest BCUT2D eigenvalue weighted by molar-refractivity contribution is -0.452. The standard InChI is InChI=1S/C8H12O5/c1-5(2)6(9)12-7(10)8(3)4-11-13-8/h5H,4H2,1-3H3. The molecule has 0 radical (unpaired) electrons. The Morgan fingerprint density at radius 1 is 1.46 bits per heavy atom. The van der Waals surface area contributed by atoms with E-state index in [9.17, 15) is 9.59 Å². The molecule has 0 bridgehead atoms. The third-order valence-corrected chi connectivity index (χ3v) is 1.67. The van der Waals surface area contributed by atoms with Crippen molar-refractivity contribution in [3.8, 4) is 0 Å². The second-order valence-electron chi connectivity index (χ2n) is 3.44. The summed E-state index contributed by atoms with van der Waals surface area (Å²) in [6, 6.07) is 0. The molecule has 5 nitrogen and oxygen atoms in total. The normalized spacial score (nSPS) is 26.8. The summed E-state index contributed by atoms with van der Waals surface area (Å²) < 4.78 is 4.54. The van der Waals surface area contributed by atoms with Gasteiger partial charge in [0.15, 0.2) is 0 Å². The molecule has 0 saturated carbocycles. The van der Waals surface area contributed by atoms with Crippen LogP contribution in [0.2, 0.25) is 0 Å². The van der Waals surface area contributed by atoms with Gasteiger partial charge in [-0.05, 0) is 6.92 Å². The van der Waals surface area contributed by atoms with Gasteiger partial charge in [-0.25, -0.2) is 14.6 Å². The highest BCUT2D eigenvalue weighted by Gasteiger charge is 2.46. The summed E-state index contributed by atoms with van der Waals surface area (Å²) in [4.78, 5) is 31.1. The Balaban J connectivity index is 2.45. The largest absolute Gasteiger partial charge is 0.391 e. The molecular weight excluding hydrogens is 176 g/mol. The Labute approximate surface area is 75.9 Å². The van der Waals surface area contributed by atoms with E-state index in [0.717, 1.165) is 0 Å². The van der Waals surface area contributed by atoms with Crippen molar-refractivity contribution in [2.45, 2.75) is 26.4 Å². The van der Waals surface area contributed by atoms with Gasteiger partial charge in [-0.3, -0.25) is 4.79 Å². The summed E-state index contributed by atoms with van der Waals surface area (Å²) in [6.07, 6.45) is 0. The molecule has 0 aromatic rings. The highest BCUT2D eigenvalue weighted by atomic mass is 17.2. The van der Waals surface area contributed by atoms with Crippen LogP contribution in [0.5, 0.6) is 0 Å². The number of carbonyl (C=O) groups is 2. The van der Waals surface area contributed by atoms with E-state index in [1.54, 1.807) is 13.8 Å². The molecule has 1 atom stereocenters. The zero-order valence-electron chi connectivity index (χ0n) is 7.83. The topological polar surface area (TPSA) is 61.8 Å². The quantitative estimate of drug-likeness (QED) is 0.357. The van der Waals surface area contributed by atoms with Crippen LogP contribution in [0, 0.1) is 5.92 Å². The molecule has 1 saturated heterocycles. The molecule has 0 spiro atoms. The molecule has 0 amide bonds. The molecule has 74 valence electrons. The van der Waals surface area contributed by atoms with E-state index in [0.29, 0.717) is 0 Å². The Kier molecular flexibility index (Phi) is 2.68. The van der Waals surface area contributed by atoms with Crippen LogP contribution in [0.15, 0.2) is 0 Å². The van der Waals surface area contributed by atoms with E-state index in [-0.39, 0.29) is 12.5 Å². The second-order valence-corrected chi connectivity index (χ2v) is 3.44. The van der Waals surface area contributed by atoms with Gasteiger partial charge in [0.2, 0.25) is 5.60 Å². The summed E-state index contributed by atoms with van der Waals surface area (Å²) in [7, 11) is 0. The van der Waals surface area contributed by atoms with E-state index < -0.39 is 17.5 Å². The minimum absolute atomic E-state index is 0.122. The van der Waals surface area contributed by atoms with Gasteiger partial charge < -0.3 is 4.74 Å². The van der Waals surface area contributed by atoms with Gasteiger partial charge in [0, 0.05) is 0 Å². The number of esters is 2. The van der Waals surface area contributed by atoms with Crippen molar-refractivity contribution in [1.29, 1.82) is 0 Å². The summed E-state index contributed by atoms with van der Waals surface area (Å²) >= 11 is 0. The molecule has 1 heterocycles. The molecule has 0 aliphatic carbocycles. The lowest BCUT2D eigenvalue weighted by Crippen LogP contribution is -2.53. The molecule has 1 unspecified atom stereocenters. The maximum atomic E-state index is 11.2. The lowest BCUT2D eigenvalue weighted by atomic mass is 10.1. The van der Waals surface area contributed by atoms with Crippen LogP contribution in [0.25, 0.3) is 0 Å². The van der Waals surface area contributed by atoms with Crippen molar-refractivity contribution >= 4 is 11.9 Å². The van der Waals surface area contributed by atoms with Crippen LogP contribution in [0.1, 0.15) is 20.8 Å². The van der Waals surface area contributed by atoms with Crippen molar-refractivity contribution in [2.75, 3.05) is 6.61 Å². The monoisotopic (exact) mass is 188 g/mol. The molecule has 1 fully saturated rings. The van der Waals surface area contributed by atoms with Crippen molar-refractivity contribution in [1.82, 2.24) is 0 Å². The first-order valence-electron chi connectivity index (χ1n) is 4.02. The maximum Gasteiger partial charge on any atom is 0.351 e. The first-order valence-corrected chi connectivity index (χ1v) is 4.02. The van der Waals surface area contributed by atoms with Gasteiger partial charge in [0.1, 0.15) is 6.61 Å². The fourth-order valence-corrected chi connectivity index (χ4v) is 0.646. The number of carbonyl (C=O) groups excluding carboxylic acids is 2. The van der Waals surface area contributed by atoms with Crippen LogP contribution < -0.4 is 0 Å². The van der Waals surface area contributed by atoms with Crippen LogP contribution in [-0.4, -0.2) is 24.1 Å². The Bertz CT molecular complexity index is 229. The van der Waals surface area contributed by atoms with E-state index in [1.807, 2.05) is 0 Å². The molecule has 13 heavy (non-hydrogen) atoms. The average Bonchev–Trinajstić information content (AvgIpc) is 1.99. The SMILES string of the molecule is CC(C)C(=O)OC(=O)C1(C)COO1. The minimum atomic E-state index is -1.11. The van der Waals surface area contributed by atoms with E-state index in [4.69, 9.17) is 0 Å². The second kappa shape index (κ2) is 3.43. The van der Waals surface area contributed by atoms with Crippen LogP contribution in [0.3, 0.4) is 0 Å². The third-order valence-electron chi connectivity index (χ3n) is 1.67. The Hall–Kier alpha value is -0.940. The molecule has 5 heteroatoms. The average molecular weight is 188 g/mol. The number of hydrogen-bond donors (Lipinski definition) is 0. The number of hydrogen-bond acceptors (Lipinski definition) is 5. The smallest absolute Gasteiger partial charge is 0.351 e. The molecule has 0 aromatic carbocycles. The first kappa shape index (κ1) is 10.1.